The number of halogens is 3. The third kappa shape index (κ3) is 4.36. The van der Waals surface area contributed by atoms with Crippen LogP contribution < -0.4 is 5.32 Å². The van der Waals surface area contributed by atoms with Crippen LogP contribution in [0.2, 0.25) is 0 Å². The van der Waals surface area contributed by atoms with Gasteiger partial charge in [0.05, 0.1) is 11.5 Å². The monoisotopic (exact) mass is 451 g/mol. The number of hydrogen-bond acceptors (Lipinski definition) is 5. The van der Waals surface area contributed by atoms with E-state index in [0.717, 1.165) is 25.3 Å². The molecule has 1 aromatic carbocycles. The number of piperidine rings is 1. The van der Waals surface area contributed by atoms with Gasteiger partial charge in [0.25, 0.3) is 5.91 Å². The number of aromatic nitrogens is 1. The molecule has 172 valence electrons. The fourth-order valence-corrected chi connectivity index (χ4v) is 4.89. The van der Waals surface area contributed by atoms with Gasteiger partial charge in [-0.2, -0.15) is 0 Å². The van der Waals surface area contributed by atoms with Crippen molar-refractivity contribution in [3.05, 3.63) is 41.3 Å². The summed E-state index contributed by atoms with van der Waals surface area (Å²) in [6, 6.07) is 1.77. The number of likely N-dealkylation sites (tertiary alicyclic amines) is 1. The molecule has 32 heavy (non-hydrogen) atoms. The highest BCUT2D eigenvalue weighted by Gasteiger charge is 2.40. The maximum Gasteiger partial charge on any atom is 0.309 e. The molecule has 2 aliphatic rings. The molecule has 0 radical (unpaired) electrons. The molecule has 1 aromatic heterocycles. The first kappa shape index (κ1) is 22.3. The lowest BCUT2D eigenvalue weighted by Crippen LogP contribution is -2.56. The highest BCUT2D eigenvalue weighted by Crippen LogP contribution is 2.33. The molecule has 10 heteroatoms. The van der Waals surface area contributed by atoms with Gasteiger partial charge in [0.15, 0.2) is 11.5 Å². The van der Waals surface area contributed by atoms with Gasteiger partial charge in [0, 0.05) is 43.4 Å². The molecule has 2 N–H and O–H groups in total. The van der Waals surface area contributed by atoms with Crippen molar-refractivity contribution < 1.29 is 32.4 Å². The molecule has 7 nitrogen and oxygen atoms in total. The number of carbonyl (C=O) groups excluding carboxylic acids is 1. The Morgan fingerprint density at radius 1 is 1.16 bits per heavy atom. The van der Waals surface area contributed by atoms with Crippen molar-refractivity contribution in [2.45, 2.75) is 44.7 Å². The van der Waals surface area contributed by atoms with Crippen molar-refractivity contribution >= 4 is 11.9 Å². The Balaban J connectivity index is 1.46. The molecule has 0 bridgehead atoms. The molecule has 2 heterocycles. The minimum Gasteiger partial charge on any atom is -0.481 e. The molecule has 4 rings (SSSR count). The quantitative estimate of drug-likeness (QED) is 0.723. The lowest BCUT2D eigenvalue weighted by atomic mass is 9.89. The first-order valence-corrected chi connectivity index (χ1v) is 10.6. The molecule has 1 aliphatic heterocycles. The number of amides is 1. The summed E-state index contributed by atoms with van der Waals surface area (Å²) in [4.78, 5) is 26.7. The van der Waals surface area contributed by atoms with E-state index in [0.29, 0.717) is 43.6 Å². The zero-order chi connectivity index (χ0) is 23.0. The standard InChI is InChI=1S/C22H24F3N3O4/c1-11-3-2-4-18(11)28-6-5-16(13(10-28)22(30)31)26-21(29)17-9-19(32-27-17)20-14(24)7-12(23)8-15(20)25/h7-9,11,13,16,18H,2-6,10H2,1H3,(H,26,29)(H,30,31)/t11-,13+,16+,18+/m0/s1. The summed E-state index contributed by atoms with van der Waals surface area (Å²) in [6.07, 6.45) is 3.76. The summed E-state index contributed by atoms with van der Waals surface area (Å²) in [5, 5.41) is 16.0. The summed E-state index contributed by atoms with van der Waals surface area (Å²) in [6.45, 7) is 3.18. The lowest BCUT2D eigenvalue weighted by Gasteiger charge is -2.41. The Kier molecular flexibility index (Phi) is 6.23. The lowest BCUT2D eigenvalue weighted by molar-refractivity contribution is -0.145. The van der Waals surface area contributed by atoms with Crippen LogP contribution in [0.5, 0.6) is 0 Å². The number of carboxylic acid groups (broad SMARTS) is 1. The van der Waals surface area contributed by atoms with Crippen LogP contribution in [0.1, 0.15) is 43.1 Å². The predicted octanol–water partition coefficient (Wildman–Crippen LogP) is 3.45. The second-order valence-corrected chi connectivity index (χ2v) is 8.60. The summed E-state index contributed by atoms with van der Waals surface area (Å²) in [7, 11) is 0. The Bertz CT molecular complexity index is 1000. The zero-order valence-electron chi connectivity index (χ0n) is 17.5. The van der Waals surface area contributed by atoms with Gasteiger partial charge < -0.3 is 14.9 Å². The molecular weight excluding hydrogens is 427 g/mol. The fourth-order valence-electron chi connectivity index (χ4n) is 4.89. The Morgan fingerprint density at radius 3 is 2.50 bits per heavy atom. The van der Waals surface area contributed by atoms with Crippen LogP contribution in [-0.2, 0) is 4.79 Å². The van der Waals surface area contributed by atoms with E-state index in [-0.39, 0.29) is 11.5 Å². The van der Waals surface area contributed by atoms with Gasteiger partial charge in [-0.3, -0.25) is 14.5 Å². The average molecular weight is 451 g/mol. The fraction of sp³-hybridized carbons (Fsp3) is 0.500. The maximum atomic E-state index is 14.0. The van der Waals surface area contributed by atoms with E-state index >= 15 is 0 Å². The van der Waals surface area contributed by atoms with E-state index in [1.165, 1.54) is 0 Å². The van der Waals surface area contributed by atoms with E-state index in [1.807, 2.05) is 0 Å². The molecule has 1 saturated heterocycles. The van der Waals surface area contributed by atoms with Gasteiger partial charge in [-0.15, -0.1) is 0 Å². The zero-order valence-corrected chi connectivity index (χ0v) is 17.5. The highest BCUT2D eigenvalue weighted by atomic mass is 19.1. The number of nitrogens with zero attached hydrogens (tertiary/aromatic N) is 2. The summed E-state index contributed by atoms with van der Waals surface area (Å²) in [5.74, 6) is -5.82. The van der Waals surface area contributed by atoms with E-state index in [2.05, 4.69) is 22.3 Å². The Hall–Kier alpha value is -2.88. The molecule has 0 spiro atoms. The first-order chi connectivity index (χ1) is 15.2. The van der Waals surface area contributed by atoms with Gasteiger partial charge in [-0.05, 0) is 25.2 Å². The van der Waals surface area contributed by atoms with Crippen molar-refractivity contribution in [2.75, 3.05) is 13.1 Å². The van der Waals surface area contributed by atoms with Gasteiger partial charge in [0.2, 0.25) is 0 Å². The average Bonchev–Trinajstić information content (AvgIpc) is 3.37. The molecule has 4 atom stereocenters. The minimum atomic E-state index is -1.19. The molecule has 1 saturated carbocycles. The first-order valence-electron chi connectivity index (χ1n) is 10.6. The largest absolute Gasteiger partial charge is 0.481 e. The summed E-state index contributed by atoms with van der Waals surface area (Å²) in [5.41, 5.74) is -0.889. The van der Waals surface area contributed by atoms with Gasteiger partial charge in [-0.1, -0.05) is 18.5 Å². The molecular formula is C22H24F3N3O4. The van der Waals surface area contributed by atoms with Crippen molar-refractivity contribution in [3.8, 4) is 11.3 Å². The van der Waals surface area contributed by atoms with Crippen LogP contribution >= 0.6 is 0 Å². The molecule has 2 aromatic rings. The van der Waals surface area contributed by atoms with Gasteiger partial charge >= 0.3 is 5.97 Å². The third-order valence-electron chi connectivity index (χ3n) is 6.56. The normalized spacial score (nSPS) is 26.2. The second kappa shape index (κ2) is 8.93. The highest BCUT2D eigenvalue weighted by molar-refractivity contribution is 5.93. The van der Waals surface area contributed by atoms with Crippen LogP contribution in [0.25, 0.3) is 11.3 Å². The van der Waals surface area contributed by atoms with Crippen molar-refractivity contribution in [2.24, 2.45) is 11.8 Å². The van der Waals surface area contributed by atoms with Crippen LogP contribution in [0.4, 0.5) is 13.2 Å². The Morgan fingerprint density at radius 2 is 1.88 bits per heavy atom. The number of carbonyl (C=O) groups is 2. The van der Waals surface area contributed by atoms with Gasteiger partial charge in [0.1, 0.15) is 17.5 Å². The number of carboxylic acids is 1. The number of rotatable bonds is 5. The smallest absolute Gasteiger partial charge is 0.309 e. The Labute approximate surface area is 182 Å². The van der Waals surface area contributed by atoms with E-state index in [4.69, 9.17) is 4.52 Å². The second-order valence-electron chi connectivity index (χ2n) is 8.60. The van der Waals surface area contributed by atoms with Crippen molar-refractivity contribution in [1.82, 2.24) is 15.4 Å². The van der Waals surface area contributed by atoms with Crippen LogP contribution in [0.3, 0.4) is 0 Å². The third-order valence-corrected chi connectivity index (χ3v) is 6.56. The minimum absolute atomic E-state index is 0.251. The maximum absolute atomic E-state index is 14.0. The number of nitrogens with one attached hydrogen (secondary N) is 1. The molecule has 1 aliphatic carbocycles. The topological polar surface area (TPSA) is 95.7 Å². The van der Waals surface area contributed by atoms with E-state index < -0.39 is 46.9 Å². The van der Waals surface area contributed by atoms with Crippen LogP contribution in [-0.4, -0.2) is 52.2 Å². The molecule has 1 amide bonds. The van der Waals surface area contributed by atoms with Crippen molar-refractivity contribution in [1.29, 1.82) is 0 Å². The van der Waals surface area contributed by atoms with Crippen molar-refractivity contribution in [3.63, 3.8) is 0 Å². The van der Waals surface area contributed by atoms with Crippen LogP contribution in [0, 0.1) is 29.3 Å². The van der Waals surface area contributed by atoms with Crippen LogP contribution in [0.15, 0.2) is 22.7 Å². The SMILES string of the molecule is C[C@H]1CCC[C@H]1N1CC[C@@H](NC(=O)c2cc(-c3c(F)cc(F)cc3F)on2)[C@H](C(=O)O)C1. The predicted molar refractivity (Wildman–Crippen MR) is 107 cm³/mol. The van der Waals surface area contributed by atoms with E-state index in [1.54, 1.807) is 0 Å². The molecule has 2 fully saturated rings. The number of aliphatic carboxylic acids is 1. The van der Waals surface area contributed by atoms with Gasteiger partial charge in [-0.25, -0.2) is 13.2 Å². The number of benzene rings is 1. The van der Waals surface area contributed by atoms with E-state index in [9.17, 15) is 27.9 Å². The summed E-state index contributed by atoms with van der Waals surface area (Å²) >= 11 is 0. The number of hydrogen-bond donors (Lipinski definition) is 2. The summed E-state index contributed by atoms with van der Waals surface area (Å²) < 4.78 is 46.0. The molecule has 0 unspecified atom stereocenters.